The van der Waals surface area contributed by atoms with Crippen LogP contribution in [0.3, 0.4) is 0 Å². The largest absolute Gasteiger partial charge is 0.292 e. The smallest absolute Gasteiger partial charge is 0.190 e. The monoisotopic (exact) mass is 264 g/mol. The summed E-state index contributed by atoms with van der Waals surface area (Å²) in [6, 6.07) is 4.15. The summed E-state index contributed by atoms with van der Waals surface area (Å²) in [5.74, 6) is -1.98. The van der Waals surface area contributed by atoms with Crippen molar-refractivity contribution in [3.05, 3.63) is 52.9 Å². The summed E-state index contributed by atoms with van der Waals surface area (Å²) >= 11 is 0. The van der Waals surface area contributed by atoms with Crippen molar-refractivity contribution in [3.8, 4) is 0 Å². The molecular formula is C14H14F2N2O. The van der Waals surface area contributed by atoms with Gasteiger partial charge in [0.2, 0.25) is 0 Å². The van der Waals surface area contributed by atoms with Crippen LogP contribution >= 0.6 is 0 Å². The fourth-order valence-electron chi connectivity index (χ4n) is 2.06. The van der Waals surface area contributed by atoms with Gasteiger partial charge in [0, 0.05) is 11.8 Å². The van der Waals surface area contributed by atoms with Crippen LogP contribution in [0.5, 0.6) is 0 Å². The molecule has 1 heterocycles. The summed E-state index contributed by atoms with van der Waals surface area (Å²) in [4.78, 5) is 12.2. The van der Waals surface area contributed by atoms with Crippen LogP contribution in [-0.4, -0.2) is 15.6 Å². The molecule has 5 heteroatoms. The zero-order valence-corrected chi connectivity index (χ0v) is 10.9. The molecule has 1 aromatic heterocycles. The van der Waals surface area contributed by atoms with E-state index in [4.69, 9.17) is 0 Å². The first kappa shape index (κ1) is 13.4. The van der Waals surface area contributed by atoms with Gasteiger partial charge in [0.15, 0.2) is 5.78 Å². The molecule has 0 spiro atoms. The number of benzene rings is 1. The third kappa shape index (κ3) is 2.54. The van der Waals surface area contributed by atoms with E-state index in [1.54, 1.807) is 11.6 Å². The molecule has 0 bridgehead atoms. The standard InChI is InChI=1S/C14H14F2N2O/c1-8-6-9(2)18(17-8)10(3)14(19)12-5-4-11(15)7-13(12)16/h4-7,10H,1-3H3. The molecule has 0 radical (unpaired) electrons. The van der Waals surface area contributed by atoms with Crippen molar-refractivity contribution >= 4 is 5.78 Å². The van der Waals surface area contributed by atoms with E-state index in [-0.39, 0.29) is 5.56 Å². The summed E-state index contributed by atoms with van der Waals surface area (Å²) in [5.41, 5.74) is 1.49. The maximum Gasteiger partial charge on any atom is 0.190 e. The molecule has 0 saturated carbocycles. The van der Waals surface area contributed by atoms with E-state index in [0.717, 1.165) is 23.5 Å². The van der Waals surface area contributed by atoms with Crippen LogP contribution < -0.4 is 0 Å². The van der Waals surface area contributed by atoms with E-state index in [0.29, 0.717) is 6.07 Å². The number of carbonyl (C=O) groups is 1. The van der Waals surface area contributed by atoms with E-state index in [1.807, 2.05) is 19.9 Å². The Morgan fingerprint density at radius 1 is 1.26 bits per heavy atom. The number of ketones is 1. The maximum atomic E-state index is 13.6. The second-order valence-corrected chi connectivity index (χ2v) is 4.54. The SMILES string of the molecule is Cc1cc(C)n(C(C)C(=O)c2ccc(F)cc2F)n1. The predicted octanol–water partition coefficient (Wildman–Crippen LogP) is 3.22. The number of hydrogen-bond donors (Lipinski definition) is 0. The number of aromatic nitrogens is 2. The van der Waals surface area contributed by atoms with Crippen molar-refractivity contribution in [1.82, 2.24) is 9.78 Å². The van der Waals surface area contributed by atoms with Gasteiger partial charge in [-0.05, 0) is 39.0 Å². The lowest BCUT2D eigenvalue weighted by Crippen LogP contribution is -2.20. The van der Waals surface area contributed by atoms with Gasteiger partial charge in [-0.15, -0.1) is 0 Å². The van der Waals surface area contributed by atoms with Gasteiger partial charge in [0.25, 0.3) is 0 Å². The first-order chi connectivity index (χ1) is 8.90. The van der Waals surface area contributed by atoms with E-state index < -0.39 is 23.5 Å². The molecular weight excluding hydrogens is 250 g/mol. The number of halogens is 2. The Morgan fingerprint density at radius 3 is 2.47 bits per heavy atom. The van der Waals surface area contributed by atoms with E-state index >= 15 is 0 Å². The van der Waals surface area contributed by atoms with E-state index in [9.17, 15) is 13.6 Å². The number of Topliss-reactive ketones (excluding diaryl/α,β-unsaturated/α-hetero) is 1. The first-order valence-electron chi connectivity index (χ1n) is 5.92. The lowest BCUT2D eigenvalue weighted by Gasteiger charge is -2.13. The Balaban J connectivity index is 2.36. The lowest BCUT2D eigenvalue weighted by molar-refractivity contribution is 0.0922. The van der Waals surface area contributed by atoms with Crippen molar-refractivity contribution < 1.29 is 13.6 Å². The van der Waals surface area contributed by atoms with Gasteiger partial charge in [-0.25, -0.2) is 8.78 Å². The van der Waals surface area contributed by atoms with Crippen LogP contribution in [0.15, 0.2) is 24.3 Å². The van der Waals surface area contributed by atoms with Crippen LogP contribution in [0.1, 0.15) is 34.7 Å². The fourth-order valence-corrected chi connectivity index (χ4v) is 2.06. The van der Waals surface area contributed by atoms with Crippen molar-refractivity contribution in [2.24, 2.45) is 0 Å². The fraction of sp³-hybridized carbons (Fsp3) is 0.286. The third-order valence-corrected chi connectivity index (χ3v) is 2.99. The highest BCUT2D eigenvalue weighted by Gasteiger charge is 2.22. The minimum absolute atomic E-state index is 0.124. The molecule has 1 unspecified atom stereocenters. The second kappa shape index (κ2) is 4.91. The van der Waals surface area contributed by atoms with Gasteiger partial charge in [-0.1, -0.05) is 0 Å². The summed E-state index contributed by atoms with van der Waals surface area (Å²) < 4.78 is 28.0. The van der Waals surface area contributed by atoms with Crippen molar-refractivity contribution in [2.45, 2.75) is 26.8 Å². The normalized spacial score (nSPS) is 12.5. The summed E-state index contributed by atoms with van der Waals surface area (Å²) in [7, 11) is 0. The zero-order chi connectivity index (χ0) is 14.2. The number of hydrogen-bond acceptors (Lipinski definition) is 2. The highest BCUT2D eigenvalue weighted by atomic mass is 19.1. The highest BCUT2D eigenvalue weighted by molar-refractivity contribution is 5.99. The van der Waals surface area contributed by atoms with E-state index in [1.165, 1.54) is 0 Å². The molecule has 0 aliphatic heterocycles. The minimum atomic E-state index is -0.849. The number of aryl methyl sites for hydroxylation is 2. The van der Waals surface area contributed by atoms with Gasteiger partial charge in [-0.2, -0.15) is 5.10 Å². The predicted molar refractivity (Wildman–Crippen MR) is 67.1 cm³/mol. The topological polar surface area (TPSA) is 34.9 Å². The Kier molecular flexibility index (Phi) is 3.46. The minimum Gasteiger partial charge on any atom is -0.292 e. The lowest BCUT2D eigenvalue weighted by atomic mass is 10.0. The van der Waals surface area contributed by atoms with Crippen LogP contribution in [0.2, 0.25) is 0 Å². The molecule has 0 fully saturated rings. The Bertz CT molecular complexity index is 634. The molecule has 1 atom stereocenters. The second-order valence-electron chi connectivity index (χ2n) is 4.54. The molecule has 1 aromatic carbocycles. The van der Waals surface area contributed by atoms with Crippen molar-refractivity contribution in [2.75, 3.05) is 0 Å². The van der Waals surface area contributed by atoms with E-state index in [2.05, 4.69) is 5.10 Å². The molecule has 0 N–H and O–H groups in total. The highest BCUT2D eigenvalue weighted by Crippen LogP contribution is 2.19. The first-order valence-corrected chi connectivity index (χ1v) is 5.92. The van der Waals surface area contributed by atoms with Gasteiger partial charge >= 0.3 is 0 Å². The quantitative estimate of drug-likeness (QED) is 0.798. The average molecular weight is 264 g/mol. The van der Waals surface area contributed by atoms with Gasteiger partial charge < -0.3 is 0 Å². The Hall–Kier alpha value is -2.04. The van der Waals surface area contributed by atoms with Crippen molar-refractivity contribution in [3.63, 3.8) is 0 Å². The molecule has 3 nitrogen and oxygen atoms in total. The van der Waals surface area contributed by atoms with Gasteiger partial charge in [0.05, 0.1) is 11.3 Å². The number of nitrogens with zero attached hydrogens (tertiary/aromatic N) is 2. The van der Waals surface area contributed by atoms with Crippen LogP contribution in [0.4, 0.5) is 8.78 Å². The molecule has 0 amide bonds. The van der Waals surface area contributed by atoms with Gasteiger partial charge in [0.1, 0.15) is 17.7 Å². The molecule has 100 valence electrons. The molecule has 0 saturated heterocycles. The number of rotatable bonds is 3. The van der Waals surface area contributed by atoms with Crippen LogP contribution in [0.25, 0.3) is 0 Å². The van der Waals surface area contributed by atoms with Crippen molar-refractivity contribution in [1.29, 1.82) is 0 Å². The zero-order valence-electron chi connectivity index (χ0n) is 10.9. The molecule has 0 aliphatic carbocycles. The Morgan fingerprint density at radius 2 is 1.95 bits per heavy atom. The van der Waals surface area contributed by atoms with Crippen LogP contribution in [0, 0.1) is 25.5 Å². The molecule has 2 aromatic rings. The molecule has 19 heavy (non-hydrogen) atoms. The van der Waals surface area contributed by atoms with Crippen LogP contribution in [-0.2, 0) is 0 Å². The number of carbonyl (C=O) groups excluding carboxylic acids is 1. The Labute approximate surface area is 109 Å². The third-order valence-electron chi connectivity index (χ3n) is 2.99. The molecule has 0 aliphatic rings. The maximum absolute atomic E-state index is 13.6. The van der Waals surface area contributed by atoms with Gasteiger partial charge in [-0.3, -0.25) is 9.48 Å². The summed E-state index contributed by atoms with van der Waals surface area (Å²) in [5, 5.41) is 4.20. The average Bonchev–Trinajstić information content (AvgIpc) is 2.67. The summed E-state index contributed by atoms with van der Waals surface area (Å²) in [6.45, 7) is 5.29. The molecule has 2 rings (SSSR count). The summed E-state index contributed by atoms with van der Waals surface area (Å²) in [6.07, 6.45) is 0.